The number of carbonyl (C=O) groups excluding carboxylic acids is 2. The molecular formula is C38H39Cl3N8O3. The summed E-state index contributed by atoms with van der Waals surface area (Å²) in [5, 5.41) is 12.0. The van der Waals surface area contributed by atoms with Crippen LogP contribution >= 0.6 is 34.8 Å². The molecule has 5 heterocycles. The first-order valence-electron chi connectivity index (χ1n) is 17.4. The smallest absolute Gasteiger partial charge is 0.162 e. The molecule has 2 aromatic carbocycles. The van der Waals surface area contributed by atoms with E-state index in [4.69, 9.17) is 39.5 Å². The molecule has 6 aromatic rings. The monoisotopic (exact) mass is 760 g/mol. The Bertz CT molecular complexity index is 2190. The zero-order valence-corrected chi connectivity index (χ0v) is 31.3. The van der Waals surface area contributed by atoms with Gasteiger partial charge in [-0.15, -0.1) is 0 Å². The summed E-state index contributed by atoms with van der Waals surface area (Å²) in [6, 6.07) is 11.3. The molecule has 1 saturated heterocycles. The summed E-state index contributed by atoms with van der Waals surface area (Å²) in [6.45, 7) is 7.84. The minimum Gasteiger partial charge on any atom is -0.381 e. The van der Waals surface area contributed by atoms with Crippen LogP contribution in [0.1, 0.15) is 73.4 Å². The lowest BCUT2D eigenvalue weighted by atomic mass is 9.95. The second kappa shape index (κ2) is 17.5. The Labute approximate surface area is 316 Å². The molecule has 52 heavy (non-hydrogen) atoms. The van der Waals surface area contributed by atoms with Crippen molar-refractivity contribution in [2.24, 2.45) is 0 Å². The summed E-state index contributed by atoms with van der Waals surface area (Å²) in [6.07, 6.45) is 12.6. The predicted molar refractivity (Wildman–Crippen MR) is 202 cm³/mol. The number of hydrogen-bond acceptors (Lipinski definition) is 9. The molecule has 0 bridgehead atoms. The van der Waals surface area contributed by atoms with E-state index in [9.17, 15) is 9.59 Å². The molecule has 0 amide bonds. The van der Waals surface area contributed by atoms with Gasteiger partial charge in [0.2, 0.25) is 0 Å². The highest BCUT2D eigenvalue weighted by Crippen LogP contribution is 2.38. The van der Waals surface area contributed by atoms with Gasteiger partial charge in [0.1, 0.15) is 23.6 Å². The summed E-state index contributed by atoms with van der Waals surface area (Å²) >= 11 is 17.8. The fourth-order valence-corrected chi connectivity index (χ4v) is 7.00. The number of ether oxygens (including phenoxy) is 1. The van der Waals surface area contributed by atoms with Gasteiger partial charge in [-0.3, -0.25) is 9.59 Å². The molecule has 270 valence electrons. The van der Waals surface area contributed by atoms with Gasteiger partial charge in [0, 0.05) is 55.6 Å². The minimum atomic E-state index is -0.381. The molecule has 1 fully saturated rings. The Morgan fingerprint density at radius 3 is 1.96 bits per heavy atom. The number of rotatable bonds is 5. The van der Waals surface area contributed by atoms with Crippen LogP contribution in [0.25, 0.3) is 22.1 Å². The van der Waals surface area contributed by atoms with Crippen LogP contribution in [0.2, 0.25) is 15.2 Å². The van der Waals surface area contributed by atoms with Crippen molar-refractivity contribution in [1.82, 2.24) is 39.5 Å². The van der Waals surface area contributed by atoms with E-state index in [1.54, 1.807) is 12.4 Å². The molecule has 0 saturated carbocycles. The summed E-state index contributed by atoms with van der Waals surface area (Å²) < 4.78 is 8.64. The highest BCUT2D eigenvalue weighted by molar-refractivity contribution is 6.33. The number of carbonyl (C=O) groups is 2. The number of nitrogens with zero attached hydrogens (tertiary/aromatic N) is 8. The number of ketones is 2. The molecule has 1 aliphatic heterocycles. The number of aryl methyl sites for hydroxylation is 2. The molecule has 2 aliphatic carbocycles. The number of aromatic nitrogens is 8. The van der Waals surface area contributed by atoms with Gasteiger partial charge in [0.05, 0.1) is 34.8 Å². The number of benzene rings is 2. The molecule has 0 N–H and O–H groups in total. The van der Waals surface area contributed by atoms with Gasteiger partial charge < -0.3 is 4.74 Å². The lowest BCUT2D eigenvalue weighted by molar-refractivity contribution is -0.118. The highest BCUT2D eigenvalue weighted by atomic mass is 35.5. The van der Waals surface area contributed by atoms with Crippen molar-refractivity contribution in [2.45, 2.75) is 77.8 Å². The second-order valence-electron chi connectivity index (χ2n) is 12.7. The van der Waals surface area contributed by atoms with Crippen LogP contribution in [0, 0.1) is 0 Å². The molecule has 14 heteroatoms. The van der Waals surface area contributed by atoms with Crippen molar-refractivity contribution in [3.05, 3.63) is 105 Å². The largest absolute Gasteiger partial charge is 0.381 e. The molecule has 1 atom stereocenters. The van der Waals surface area contributed by atoms with Gasteiger partial charge in [-0.05, 0) is 72.2 Å². The van der Waals surface area contributed by atoms with Crippen molar-refractivity contribution in [3.8, 4) is 0 Å². The maximum atomic E-state index is 12.6. The Morgan fingerprint density at radius 1 is 0.712 bits per heavy atom. The molecule has 0 spiro atoms. The van der Waals surface area contributed by atoms with Crippen molar-refractivity contribution in [1.29, 1.82) is 0 Å². The average Bonchev–Trinajstić information content (AvgIpc) is 3.98. The maximum Gasteiger partial charge on any atom is 0.162 e. The van der Waals surface area contributed by atoms with Crippen molar-refractivity contribution in [3.63, 3.8) is 0 Å². The second-order valence-corrected chi connectivity index (χ2v) is 13.9. The van der Waals surface area contributed by atoms with Gasteiger partial charge in [-0.25, -0.2) is 29.3 Å². The third-order valence-electron chi connectivity index (χ3n) is 8.87. The zero-order chi connectivity index (χ0) is 36.6. The van der Waals surface area contributed by atoms with Gasteiger partial charge in [0.15, 0.2) is 17.1 Å². The van der Waals surface area contributed by atoms with E-state index >= 15 is 0 Å². The van der Waals surface area contributed by atoms with E-state index in [0.717, 1.165) is 94.2 Å². The normalized spacial score (nSPS) is 15.8. The third-order valence-corrected chi connectivity index (χ3v) is 9.64. The number of Topliss-reactive ketones (excluding diaryl/α,β-unsaturated/α-hetero) is 2. The fourth-order valence-electron chi connectivity index (χ4n) is 6.44. The van der Waals surface area contributed by atoms with Crippen LogP contribution in [0.3, 0.4) is 0 Å². The van der Waals surface area contributed by atoms with Crippen molar-refractivity contribution < 1.29 is 14.3 Å². The van der Waals surface area contributed by atoms with E-state index in [2.05, 4.69) is 44.0 Å². The van der Waals surface area contributed by atoms with Crippen molar-refractivity contribution in [2.75, 3.05) is 13.2 Å². The van der Waals surface area contributed by atoms with E-state index in [1.807, 2.05) is 45.8 Å². The molecule has 4 aromatic heterocycles. The zero-order valence-electron chi connectivity index (χ0n) is 29.1. The Hall–Kier alpha value is -4.29. The first kappa shape index (κ1) is 37.5. The predicted octanol–water partition coefficient (Wildman–Crippen LogP) is 7.84. The van der Waals surface area contributed by atoms with Crippen molar-refractivity contribution >= 4 is 68.4 Å². The topological polar surface area (TPSA) is 131 Å². The summed E-state index contributed by atoms with van der Waals surface area (Å²) in [7, 11) is 0. The first-order chi connectivity index (χ1) is 25.3. The molecule has 1 unspecified atom stereocenters. The van der Waals surface area contributed by atoms with Crippen LogP contribution in [-0.4, -0.2) is 64.3 Å². The summed E-state index contributed by atoms with van der Waals surface area (Å²) in [5.41, 5.74) is 6.52. The third kappa shape index (κ3) is 8.66. The Balaban J connectivity index is 0.000000135. The maximum absolute atomic E-state index is 12.6. The summed E-state index contributed by atoms with van der Waals surface area (Å²) in [5.74, 6) is 0.0567. The number of fused-ring (bicyclic) bond motifs is 4. The van der Waals surface area contributed by atoms with E-state index in [-0.39, 0.29) is 11.7 Å². The standard InChI is InChI=1S/C17H15ClN4O.C9H7ClO.C8H9ClN4.C4H8O/c1-2-5-22-17-13(8-21-22)16(19-9-20-17)15-12-7-11(18)4-3-10(12)6-14(15)23;10-8-2-1-6-4-9(11)5-7(6)3-8;1-2-3-13-8-6(4-12-13)7(9)10-5-11-8;1-2-4-5-3-1/h3-4,7-9,15H,2,5-6H2,1H3;1-3H,4-5H2;4-5H,2-3H2,1H3;1-4H2. The highest BCUT2D eigenvalue weighted by Gasteiger charge is 2.34. The Morgan fingerprint density at radius 2 is 1.31 bits per heavy atom. The quantitative estimate of drug-likeness (QED) is 0.161. The van der Waals surface area contributed by atoms with Crippen LogP contribution in [0.15, 0.2) is 61.4 Å². The number of halogens is 3. The lowest BCUT2D eigenvalue weighted by Gasteiger charge is -2.11. The SMILES string of the molecule is C1CCOC1.CCCn1ncc2c(C3C(=O)Cc4ccc(Cl)cc43)ncnc21.CCCn1ncc2c(Cl)ncnc21.O=C1Cc2ccc(Cl)cc2C1. The molecule has 9 rings (SSSR count). The van der Waals surface area contributed by atoms with Gasteiger partial charge in [0.25, 0.3) is 0 Å². The van der Waals surface area contributed by atoms with E-state index < -0.39 is 0 Å². The molecule has 11 nitrogen and oxygen atoms in total. The fraction of sp³-hybridized carbons (Fsp3) is 0.368. The van der Waals surface area contributed by atoms with Gasteiger partial charge in [-0.2, -0.15) is 10.2 Å². The van der Waals surface area contributed by atoms with Crippen LogP contribution in [-0.2, 0) is 46.7 Å². The van der Waals surface area contributed by atoms with Crippen LogP contribution < -0.4 is 0 Å². The number of hydrogen-bond donors (Lipinski definition) is 0. The molecule has 3 aliphatic rings. The van der Waals surface area contributed by atoms with Crippen LogP contribution in [0.4, 0.5) is 0 Å². The first-order valence-corrected chi connectivity index (χ1v) is 18.6. The summed E-state index contributed by atoms with van der Waals surface area (Å²) in [4.78, 5) is 40.3. The Kier molecular flexibility index (Phi) is 12.6. The van der Waals surface area contributed by atoms with Gasteiger partial charge in [-0.1, -0.05) is 60.8 Å². The average molecular weight is 762 g/mol. The molecule has 0 radical (unpaired) electrons. The van der Waals surface area contributed by atoms with Gasteiger partial charge >= 0.3 is 0 Å². The van der Waals surface area contributed by atoms with Crippen LogP contribution in [0.5, 0.6) is 0 Å². The minimum absolute atomic E-state index is 0.144. The molecular weight excluding hydrogens is 723 g/mol. The lowest BCUT2D eigenvalue weighted by Crippen LogP contribution is -2.11. The van der Waals surface area contributed by atoms with E-state index in [0.29, 0.717) is 35.2 Å². The van der Waals surface area contributed by atoms with E-state index in [1.165, 1.54) is 25.5 Å².